The summed E-state index contributed by atoms with van der Waals surface area (Å²) in [4.78, 5) is 17.0. The third-order valence-electron chi connectivity index (χ3n) is 7.72. The predicted molar refractivity (Wildman–Crippen MR) is 205 cm³/mol. The van der Waals surface area contributed by atoms with E-state index in [1.807, 2.05) is 51.1 Å². The number of phenolic OH excluding ortho intramolecular Hbond substituents is 1. The molecule has 0 radical (unpaired) electrons. The van der Waals surface area contributed by atoms with Crippen LogP contribution in [0.4, 0.5) is 0 Å². The van der Waals surface area contributed by atoms with E-state index in [-0.39, 0.29) is 42.3 Å². The van der Waals surface area contributed by atoms with Crippen LogP contribution in [-0.4, -0.2) is 32.9 Å². The Morgan fingerprint density at radius 3 is 2.22 bits per heavy atom. The summed E-state index contributed by atoms with van der Waals surface area (Å²) in [6, 6.07) is 24.4. The van der Waals surface area contributed by atoms with Crippen LogP contribution < -0.4 is 5.43 Å². The molecule has 0 atom stereocenters. The van der Waals surface area contributed by atoms with Gasteiger partial charge < -0.3 is 9.52 Å². The Labute approximate surface area is 323 Å². The standard InChI is InChI=1S/C21H15O3.C14H17N3.C5H10S.H2O2.U/c1-12-3-6-16(13(2)9-12)21-17-7-4-14(22)10-19(17)24-20-11-15(23)5-8-18(20)21;1-3-4-12-5-7-13(8-6-12)14-9-10-15-11(2)16-17-14;1-4(2)5(3)6;1-2;/h3-11,22H,2H2,1H3;5-9H,3-4,10H2,1-2H3;4H,1-3H3;1-2H;/q-1;;;;. The van der Waals surface area contributed by atoms with Gasteiger partial charge in [0.15, 0.2) is 5.43 Å². The summed E-state index contributed by atoms with van der Waals surface area (Å²) >= 11 is 4.82. The van der Waals surface area contributed by atoms with Crippen LogP contribution >= 0.6 is 12.2 Å². The number of rotatable bonds is 5. The van der Waals surface area contributed by atoms with Crippen molar-refractivity contribution in [2.24, 2.45) is 21.1 Å². The predicted octanol–water partition coefficient (Wildman–Crippen LogP) is 10.7. The molecule has 2 heterocycles. The summed E-state index contributed by atoms with van der Waals surface area (Å²) in [6.07, 6.45) is 4.31. The van der Waals surface area contributed by atoms with E-state index in [0.717, 1.165) is 61.6 Å². The van der Waals surface area contributed by atoms with Crippen molar-refractivity contribution >= 4 is 39.6 Å². The number of nitrogens with zero attached hydrogens (tertiary/aromatic N) is 3. The third kappa shape index (κ3) is 11.9. The first-order chi connectivity index (χ1) is 23.5. The third-order valence-corrected chi connectivity index (χ3v) is 8.19. The Morgan fingerprint density at radius 1 is 0.940 bits per heavy atom. The number of benzene rings is 4. The Balaban J connectivity index is 0.000000292. The number of hydrogen-bond donors (Lipinski definition) is 3. The van der Waals surface area contributed by atoms with E-state index in [9.17, 15) is 9.90 Å². The molecule has 0 aromatic heterocycles. The van der Waals surface area contributed by atoms with E-state index in [4.69, 9.17) is 27.1 Å². The summed E-state index contributed by atoms with van der Waals surface area (Å²) in [7, 11) is 0. The molecule has 0 spiro atoms. The fraction of sp³-hybridized carbons (Fsp3) is 0.250. The summed E-state index contributed by atoms with van der Waals surface area (Å²) in [5.74, 6) is 1.93. The average molecular weight is 917 g/mol. The molecule has 8 nitrogen and oxygen atoms in total. The largest absolute Gasteiger partial charge is 0.508 e. The van der Waals surface area contributed by atoms with Crippen molar-refractivity contribution < 1.29 is 51.2 Å². The molecule has 0 bridgehead atoms. The molecule has 3 aromatic carbocycles. The molecule has 260 valence electrons. The number of phenols is 1. The van der Waals surface area contributed by atoms with E-state index in [1.54, 1.807) is 18.2 Å². The quantitative estimate of drug-likeness (QED) is 0.0530. The zero-order chi connectivity index (χ0) is 36.1. The number of aliphatic imine (C=N–C) groups is 1. The smallest absolute Gasteiger partial charge is 0.182 e. The maximum atomic E-state index is 11.7. The van der Waals surface area contributed by atoms with Gasteiger partial charge in [-0.2, -0.15) is 18.6 Å². The number of hydrogen-bond acceptors (Lipinski definition) is 9. The van der Waals surface area contributed by atoms with Gasteiger partial charge in [0.1, 0.15) is 22.9 Å². The number of amidine groups is 1. The van der Waals surface area contributed by atoms with Gasteiger partial charge in [-0.15, -0.1) is 27.4 Å². The van der Waals surface area contributed by atoms with Gasteiger partial charge in [0.05, 0.1) is 12.2 Å². The molecule has 0 amide bonds. The minimum absolute atomic E-state index is 0. The van der Waals surface area contributed by atoms with Crippen LogP contribution in [0.3, 0.4) is 0 Å². The molecule has 0 saturated heterocycles. The fourth-order valence-corrected chi connectivity index (χ4v) is 4.89. The van der Waals surface area contributed by atoms with Gasteiger partial charge in [0.25, 0.3) is 0 Å². The van der Waals surface area contributed by atoms with Crippen LogP contribution in [0.2, 0.25) is 0 Å². The second kappa shape index (κ2) is 20.7. The molecule has 2 aliphatic heterocycles. The molecule has 0 unspecified atom stereocenters. The maximum Gasteiger partial charge on any atom is 0.182 e. The summed E-state index contributed by atoms with van der Waals surface area (Å²) < 4.78 is 5.85. The molecule has 0 fully saturated rings. The van der Waals surface area contributed by atoms with Gasteiger partial charge in [0.2, 0.25) is 0 Å². The Kier molecular flexibility index (Phi) is 17.5. The van der Waals surface area contributed by atoms with Crippen LogP contribution in [0, 0.1) is 50.9 Å². The van der Waals surface area contributed by atoms with Crippen molar-refractivity contribution in [3.05, 3.63) is 124 Å². The molecular formula is C40H44N3O5SU-. The normalized spacial score (nSPS) is 11.8. The van der Waals surface area contributed by atoms with Crippen molar-refractivity contribution in [2.45, 2.75) is 54.4 Å². The van der Waals surface area contributed by atoms with Crippen molar-refractivity contribution in [1.29, 1.82) is 0 Å². The van der Waals surface area contributed by atoms with E-state index in [0.29, 0.717) is 23.8 Å². The second-order valence-electron chi connectivity index (χ2n) is 11.9. The molecule has 3 aromatic rings. The zero-order valence-electron chi connectivity index (χ0n) is 29.4. The minimum atomic E-state index is -0.115. The molecular weight excluding hydrogens is 873 g/mol. The maximum absolute atomic E-state index is 11.7. The number of azo groups is 1. The fourth-order valence-electron chi connectivity index (χ4n) is 4.89. The molecule has 3 aliphatic rings. The summed E-state index contributed by atoms with van der Waals surface area (Å²) in [5.41, 5.74) is 8.63. The molecule has 1 aliphatic carbocycles. The Morgan fingerprint density at radius 2 is 1.60 bits per heavy atom. The van der Waals surface area contributed by atoms with Crippen molar-refractivity contribution in [3.8, 4) is 28.2 Å². The second-order valence-corrected chi connectivity index (χ2v) is 12.5. The van der Waals surface area contributed by atoms with Gasteiger partial charge in [-0.3, -0.25) is 20.3 Å². The van der Waals surface area contributed by atoms with Crippen molar-refractivity contribution in [3.63, 3.8) is 0 Å². The molecule has 0 saturated carbocycles. The summed E-state index contributed by atoms with van der Waals surface area (Å²) in [6.45, 7) is 17.1. The summed E-state index contributed by atoms with van der Waals surface area (Å²) in [5, 5.41) is 30.9. The SMILES string of the molecule is CC(=S)C(C)C.CCCc1ccc(C2=CCN=C(C)N=N2)cc1.OO.[CH2-]c1cc(C)ccc1-c1c2ccc(=O)cc-2oc2cc(O)ccc12.[U]. The first-order valence-electron chi connectivity index (χ1n) is 16.0. The van der Waals surface area contributed by atoms with Gasteiger partial charge in [-0.05, 0) is 67.0 Å². The first kappa shape index (κ1) is 42.3. The van der Waals surface area contributed by atoms with Crippen LogP contribution in [0.15, 0.2) is 109 Å². The topological polar surface area (TPSA) is 128 Å². The van der Waals surface area contributed by atoms with Crippen LogP contribution in [0.25, 0.3) is 39.1 Å². The van der Waals surface area contributed by atoms with Crippen molar-refractivity contribution in [1.82, 2.24) is 0 Å². The van der Waals surface area contributed by atoms with Gasteiger partial charge >= 0.3 is 0 Å². The van der Waals surface area contributed by atoms with Gasteiger partial charge in [0, 0.05) is 59.8 Å². The van der Waals surface area contributed by atoms with Crippen molar-refractivity contribution in [2.75, 3.05) is 6.54 Å². The number of aryl methyl sites for hydroxylation is 2. The average Bonchev–Trinajstić information content (AvgIpc) is 3.30. The monoisotopic (exact) mass is 916 g/mol. The van der Waals surface area contributed by atoms with E-state index in [1.165, 1.54) is 24.1 Å². The van der Waals surface area contributed by atoms with Gasteiger partial charge in [-0.1, -0.05) is 82.2 Å². The van der Waals surface area contributed by atoms with E-state index in [2.05, 4.69) is 67.2 Å². The first-order valence-corrected chi connectivity index (χ1v) is 16.4. The van der Waals surface area contributed by atoms with E-state index >= 15 is 0 Å². The van der Waals surface area contributed by atoms with Crippen LogP contribution in [0.5, 0.6) is 5.75 Å². The minimum Gasteiger partial charge on any atom is -0.508 e. The molecule has 6 rings (SSSR count). The number of thiocarbonyl (C=S) groups is 1. The van der Waals surface area contributed by atoms with Gasteiger partial charge in [-0.25, -0.2) is 0 Å². The number of aromatic hydroxyl groups is 1. The molecule has 3 N–H and O–H groups in total. The van der Waals surface area contributed by atoms with E-state index < -0.39 is 0 Å². The number of fused-ring (bicyclic) bond motifs is 2. The molecule has 10 heteroatoms. The van der Waals surface area contributed by atoms with Crippen LogP contribution in [-0.2, 0) is 6.42 Å². The Hall–Kier alpha value is -3.91. The Bertz CT molecular complexity index is 2000. The van der Waals surface area contributed by atoms with Crippen LogP contribution in [0.1, 0.15) is 63.3 Å². The zero-order valence-corrected chi connectivity index (χ0v) is 34.4. The molecule has 50 heavy (non-hydrogen) atoms.